The first-order valence-corrected chi connectivity index (χ1v) is 8.81. The largest absolute Gasteiger partial charge is 0.497 e. The Labute approximate surface area is 152 Å². The fourth-order valence-corrected chi connectivity index (χ4v) is 4.63. The maximum absolute atomic E-state index is 13.6. The number of benzene rings is 3. The first-order valence-electron chi connectivity index (χ1n) is 8.81. The highest BCUT2D eigenvalue weighted by Gasteiger charge is 2.53. The Morgan fingerprint density at radius 3 is 2.54 bits per heavy atom. The second-order valence-electron chi connectivity index (χ2n) is 7.03. The van der Waals surface area contributed by atoms with Crippen molar-refractivity contribution < 1.29 is 9.53 Å². The van der Waals surface area contributed by atoms with E-state index in [4.69, 9.17) is 4.74 Å². The van der Waals surface area contributed by atoms with Gasteiger partial charge in [-0.1, -0.05) is 48.5 Å². The molecule has 1 unspecified atom stereocenters. The van der Waals surface area contributed by atoms with Gasteiger partial charge >= 0.3 is 0 Å². The molecule has 2 aliphatic rings. The summed E-state index contributed by atoms with van der Waals surface area (Å²) >= 11 is 0. The summed E-state index contributed by atoms with van der Waals surface area (Å²) in [4.78, 5) is 15.4. The molecule has 0 fully saturated rings. The molecule has 0 radical (unpaired) electrons. The lowest BCUT2D eigenvalue weighted by Gasteiger charge is -2.36. The topological polar surface area (TPSA) is 29.5 Å². The summed E-state index contributed by atoms with van der Waals surface area (Å²) in [5.41, 5.74) is 5.97. The normalized spacial score (nSPS) is 19.9. The molecule has 1 aliphatic carbocycles. The van der Waals surface area contributed by atoms with Crippen LogP contribution in [-0.2, 0) is 16.6 Å². The van der Waals surface area contributed by atoms with E-state index in [0.717, 1.165) is 28.1 Å². The fourth-order valence-electron chi connectivity index (χ4n) is 4.63. The van der Waals surface area contributed by atoms with Crippen molar-refractivity contribution in [2.24, 2.45) is 0 Å². The number of methoxy groups -OCH3 is 1. The smallest absolute Gasteiger partial charge is 0.242 e. The van der Waals surface area contributed by atoms with Gasteiger partial charge in [-0.3, -0.25) is 4.79 Å². The number of likely N-dealkylation sites (N-methyl/N-ethyl adjacent to an activating group) is 1. The molecule has 3 heteroatoms. The van der Waals surface area contributed by atoms with Gasteiger partial charge in [-0.15, -0.1) is 0 Å². The average Bonchev–Trinajstić information content (AvgIpc) is 2.91. The van der Waals surface area contributed by atoms with Gasteiger partial charge in [-0.05, 0) is 52.4 Å². The van der Waals surface area contributed by atoms with Crippen LogP contribution in [0.25, 0.3) is 11.1 Å². The number of hydrogen-bond donors (Lipinski definition) is 0. The number of anilines is 1. The van der Waals surface area contributed by atoms with Crippen LogP contribution in [0.15, 0.2) is 66.7 Å². The summed E-state index contributed by atoms with van der Waals surface area (Å²) in [7, 11) is 3.55. The predicted molar refractivity (Wildman–Crippen MR) is 103 cm³/mol. The van der Waals surface area contributed by atoms with Crippen molar-refractivity contribution >= 4 is 11.6 Å². The Bertz CT molecular complexity index is 1060. The summed E-state index contributed by atoms with van der Waals surface area (Å²) in [5, 5.41) is 0. The number of amides is 1. The minimum atomic E-state index is -0.665. The van der Waals surface area contributed by atoms with Crippen molar-refractivity contribution in [1.82, 2.24) is 0 Å². The molecule has 5 rings (SSSR count). The second kappa shape index (κ2) is 5.21. The van der Waals surface area contributed by atoms with E-state index in [2.05, 4.69) is 36.4 Å². The highest BCUT2D eigenvalue weighted by Crippen LogP contribution is 2.54. The van der Waals surface area contributed by atoms with Crippen LogP contribution >= 0.6 is 0 Å². The molecule has 3 nitrogen and oxygen atoms in total. The Morgan fingerprint density at radius 2 is 1.69 bits per heavy atom. The molecule has 128 valence electrons. The molecule has 1 atom stereocenters. The third-order valence-electron chi connectivity index (χ3n) is 5.84. The standard InChI is InChI=1S/C23H19NO2/c1-24-21-10-6-5-9-20(21)23(22(24)25)14-15-7-3-4-8-17(15)18-13-16(26-2)11-12-19(18)23/h3-13H,14H2,1-2H3. The van der Waals surface area contributed by atoms with Gasteiger partial charge in [0.25, 0.3) is 0 Å². The van der Waals surface area contributed by atoms with Crippen LogP contribution < -0.4 is 9.64 Å². The van der Waals surface area contributed by atoms with Gasteiger partial charge in [0.05, 0.1) is 7.11 Å². The van der Waals surface area contributed by atoms with Crippen molar-refractivity contribution in [2.75, 3.05) is 19.1 Å². The second-order valence-corrected chi connectivity index (χ2v) is 7.03. The van der Waals surface area contributed by atoms with Crippen molar-refractivity contribution in [3.8, 4) is 16.9 Å². The molecule has 3 aromatic rings. The Morgan fingerprint density at radius 1 is 0.923 bits per heavy atom. The van der Waals surface area contributed by atoms with E-state index in [1.807, 2.05) is 37.4 Å². The summed E-state index contributed by atoms with van der Waals surface area (Å²) < 4.78 is 5.47. The molecule has 3 aromatic carbocycles. The third kappa shape index (κ3) is 1.75. The Kier molecular flexibility index (Phi) is 3.05. The van der Waals surface area contributed by atoms with Crippen LogP contribution in [-0.4, -0.2) is 20.1 Å². The van der Waals surface area contributed by atoms with Gasteiger partial charge in [-0.25, -0.2) is 0 Å². The molecule has 1 aliphatic heterocycles. The Balaban J connectivity index is 1.88. The van der Waals surface area contributed by atoms with Crippen molar-refractivity contribution in [2.45, 2.75) is 11.8 Å². The molecular formula is C23H19NO2. The molecule has 0 saturated carbocycles. The number of nitrogens with zero attached hydrogens (tertiary/aromatic N) is 1. The molecule has 0 aromatic heterocycles. The maximum Gasteiger partial charge on any atom is 0.242 e. The highest BCUT2D eigenvalue weighted by atomic mass is 16.5. The summed E-state index contributed by atoms with van der Waals surface area (Å²) in [5.74, 6) is 0.947. The van der Waals surface area contributed by atoms with E-state index in [1.54, 1.807) is 12.0 Å². The zero-order chi connectivity index (χ0) is 17.9. The van der Waals surface area contributed by atoms with Crippen LogP contribution in [0.5, 0.6) is 5.75 Å². The molecule has 1 spiro atoms. The summed E-state index contributed by atoms with van der Waals surface area (Å²) in [6, 6.07) is 22.6. The average molecular weight is 341 g/mol. The van der Waals surface area contributed by atoms with Gasteiger partial charge in [0.1, 0.15) is 11.2 Å². The number of hydrogen-bond acceptors (Lipinski definition) is 2. The van der Waals surface area contributed by atoms with E-state index in [0.29, 0.717) is 6.42 Å². The van der Waals surface area contributed by atoms with Crippen LogP contribution in [0.1, 0.15) is 16.7 Å². The first kappa shape index (κ1) is 15.2. The molecule has 0 bridgehead atoms. The van der Waals surface area contributed by atoms with Crippen molar-refractivity contribution in [3.63, 3.8) is 0 Å². The van der Waals surface area contributed by atoms with Crippen LogP contribution in [0.2, 0.25) is 0 Å². The molecule has 0 N–H and O–H groups in total. The first-order chi connectivity index (χ1) is 12.7. The van der Waals surface area contributed by atoms with E-state index >= 15 is 0 Å². The van der Waals surface area contributed by atoms with E-state index in [1.165, 1.54) is 11.1 Å². The number of carbonyl (C=O) groups is 1. The molecule has 26 heavy (non-hydrogen) atoms. The lowest BCUT2D eigenvalue weighted by atomic mass is 9.65. The molecular weight excluding hydrogens is 322 g/mol. The number of carbonyl (C=O) groups excluding carboxylic acids is 1. The minimum absolute atomic E-state index is 0.139. The van der Waals surface area contributed by atoms with Crippen LogP contribution in [0.4, 0.5) is 5.69 Å². The van der Waals surface area contributed by atoms with Gasteiger partial charge in [0, 0.05) is 12.7 Å². The number of para-hydroxylation sites is 1. The van der Waals surface area contributed by atoms with Crippen molar-refractivity contribution in [1.29, 1.82) is 0 Å². The Hall–Kier alpha value is -3.07. The van der Waals surface area contributed by atoms with Gasteiger partial charge in [-0.2, -0.15) is 0 Å². The summed E-state index contributed by atoms with van der Waals surface area (Å²) in [6.07, 6.45) is 0.683. The molecule has 1 heterocycles. The summed E-state index contributed by atoms with van der Waals surface area (Å²) in [6.45, 7) is 0. The molecule has 0 saturated heterocycles. The number of ether oxygens (including phenoxy) is 1. The van der Waals surface area contributed by atoms with Crippen LogP contribution in [0, 0.1) is 0 Å². The van der Waals surface area contributed by atoms with E-state index in [9.17, 15) is 4.79 Å². The lowest BCUT2D eigenvalue weighted by Crippen LogP contribution is -2.43. The number of rotatable bonds is 1. The monoisotopic (exact) mass is 341 g/mol. The maximum atomic E-state index is 13.6. The fraction of sp³-hybridized carbons (Fsp3) is 0.174. The van der Waals surface area contributed by atoms with Gasteiger partial charge in [0.15, 0.2) is 0 Å². The van der Waals surface area contributed by atoms with E-state index in [-0.39, 0.29) is 5.91 Å². The molecule has 1 amide bonds. The zero-order valence-electron chi connectivity index (χ0n) is 14.8. The predicted octanol–water partition coefficient (Wildman–Crippen LogP) is 4.18. The van der Waals surface area contributed by atoms with Crippen molar-refractivity contribution in [3.05, 3.63) is 83.4 Å². The van der Waals surface area contributed by atoms with Gasteiger partial charge in [0.2, 0.25) is 5.91 Å². The zero-order valence-corrected chi connectivity index (χ0v) is 14.8. The lowest BCUT2D eigenvalue weighted by molar-refractivity contribution is -0.121. The minimum Gasteiger partial charge on any atom is -0.497 e. The van der Waals surface area contributed by atoms with Gasteiger partial charge < -0.3 is 9.64 Å². The van der Waals surface area contributed by atoms with Crippen LogP contribution in [0.3, 0.4) is 0 Å². The SMILES string of the molecule is COc1ccc2c(c1)-c1ccccc1CC21C(=O)N(C)c2ccccc21. The third-order valence-corrected chi connectivity index (χ3v) is 5.84. The highest BCUT2D eigenvalue weighted by molar-refractivity contribution is 6.12. The number of fused-ring (bicyclic) bond motifs is 6. The quantitative estimate of drug-likeness (QED) is 0.664. The van der Waals surface area contributed by atoms with E-state index < -0.39 is 5.41 Å².